The van der Waals surface area contributed by atoms with Crippen molar-refractivity contribution in [2.24, 2.45) is 5.92 Å². The molecule has 3 nitrogen and oxygen atoms in total. The van der Waals surface area contributed by atoms with E-state index < -0.39 is 0 Å². The quantitative estimate of drug-likeness (QED) is 0.880. The summed E-state index contributed by atoms with van der Waals surface area (Å²) >= 11 is 1.71. The molecule has 1 saturated carbocycles. The van der Waals surface area contributed by atoms with E-state index >= 15 is 0 Å². The predicted octanol–water partition coefficient (Wildman–Crippen LogP) is 2.52. The standard InChI is InChI=1S/C12H19NO2S/c1-9-13-6-12(16-9)8-15-11-4-2-10(7-14)3-5-11/h6,10-11,14H,2-5,7-8H2,1H3. The zero-order valence-corrected chi connectivity index (χ0v) is 10.5. The Morgan fingerprint density at radius 3 is 2.75 bits per heavy atom. The monoisotopic (exact) mass is 241 g/mol. The lowest BCUT2D eigenvalue weighted by Crippen LogP contribution is -2.23. The van der Waals surface area contributed by atoms with Crippen LogP contribution in [0.3, 0.4) is 0 Å². The number of aryl methyl sites for hydroxylation is 1. The van der Waals surface area contributed by atoms with E-state index in [9.17, 15) is 0 Å². The molecule has 0 aromatic carbocycles. The second-order valence-corrected chi connectivity index (χ2v) is 5.80. The van der Waals surface area contributed by atoms with Crippen LogP contribution in [0.4, 0.5) is 0 Å². The van der Waals surface area contributed by atoms with Crippen molar-refractivity contribution in [3.63, 3.8) is 0 Å². The highest BCUT2D eigenvalue weighted by atomic mass is 32.1. The van der Waals surface area contributed by atoms with E-state index in [1.54, 1.807) is 11.3 Å². The lowest BCUT2D eigenvalue weighted by molar-refractivity contribution is 0.00229. The average Bonchev–Trinajstić information content (AvgIpc) is 2.73. The van der Waals surface area contributed by atoms with Crippen LogP contribution >= 0.6 is 11.3 Å². The fourth-order valence-electron chi connectivity index (χ4n) is 2.15. The maximum Gasteiger partial charge on any atom is 0.0897 e. The van der Waals surface area contributed by atoms with Gasteiger partial charge in [0, 0.05) is 12.8 Å². The Kier molecular flexibility index (Phi) is 4.32. The summed E-state index contributed by atoms with van der Waals surface area (Å²) in [6.07, 6.45) is 6.65. The molecular weight excluding hydrogens is 222 g/mol. The third-order valence-electron chi connectivity index (χ3n) is 3.18. The number of aliphatic hydroxyl groups is 1. The van der Waals surface area contributed by atoms with E-state index in [0.29, 0.717) is 25.2 Å². The number of ether oxygens (including phenoxy) is 1. The Morgan fingerprint density at radius 1 is 1.44 bits per heavy atom. The molecule has 2 rings (SSSR count). The highest BCUT2D eigenvalue weighted by Crippen LogP contribution is 2.26. The van der Waals surface area contributed by atoms with Crippen LogP contribution in [0.5, 0.6) is 0 Å². The first kappa shape index (κ1) is 12.0. The molecule has 1 aromatic heterocycles. The lowest BCUT2D eigenvalue weighted by atomic mass is 9.88. The number of aromatic nitrogens is 1. The minimum absolute atomic E-state index is 0.334. The van der Waals surface area contributed by atoms with Gasteiger partial charge in [-0.15, -0.1) is 11.3 Å². The summed E-state index contributed by atoms with van der Waals surface area (Å²) in [7, 11) is 0. The van der Waals surface area contributed by atoms with Crippen LogP contribution in [-0.4, -0.2) is 22.8 Å². The Balaban J connectivity index is 1.71. The second-order valence-electron chi connectivity index (χ2n) is 4.48. The van der Waals surface area contributed by atoms with Crippen molar-refractivity contribution in [2.75, 3.05) is 6.61 Å². The number of nitrogens with zero attached hydrogens (tertiary/aromatic N) is 1. The first-order valence-electron chi connectivity index (χ1n) is 5.91. The number of thiazole rings is 1. The first-order chi connectivity index (χ1) is 7.78. The molecule has 1 N–H and O–H groups in total. The van der Waals surface area contributed by atoms with Crippen LogP contribution in [0.25, 0.3) is 0 Å². The number of hydrogen-bond acceptors (Lipinski definition) is 4. The third kappa shape index (κ3) is 3.27. The molecule has 0 unspecified atom stereocenters. The summed E-state index contributed by atoms with van der Waals surface area (Å²) in [6, 6.07) is 0. The van der Waals surface area contributed by atoms with Crippen molar-refractivity contribution in [2.45, 2.75) is 45.3 Å². The lowest BCUT2D eigenvalue weighted by Gasteiger charge is -2.27. The van der Waals surface area contributed by atoms with Gasteiger partial charge in [-0.3, -0.25) is 0 Å². The predicted molar refractivity (Wildman–Crippen MR) is 64.5 cm³/mol. The van der Waals surface area contributed by atoms with Gasteiger partial charge in [0.1, 0.15) is 0 Å². The van der Waals surface area contributed by atoms with Crippen LogP contribution < -0.4 is 0 Å². The van der Waals surface area contributed by atoms with Gasteiger partial charge in [-0.1, -0.05) is 0 Å². The molecule has 1 fully saturated rings. The van der Waals surface area contributed by atoms with Gasteiger partial charge in [-0.05, 0) is 38.5 Å². The maximum absolute atomic E-state index is 9.04. The second kappa shape index (κ2) is 5.75. The van der Waals surface area contributed by atoms with Gasteiger partial charge in [-0.2, -0.15) is 0 Å². The van der Waals surface area contributed by atoms with Crippen molar-refractivity contribution in [3.05, 3.63) is 16.1 Å². The number of aliphatic hydroxyl groups excluding tert-OH is 1. The molecule has 1 aliphatic carbocycles. The van der Waals surface area contributed by atoms with E-state index in [2.05, 4.69) is 4.98 Å². The zero-order chi connectivity index (χ0) is 11.4. The summed E-state index contributed by atoms with van der Waals surface area (Å²) in [6.45, 7) is 3.04. The molecule has 0 saturated heterocycles. The van der Waals surface area contributed by atoms with Gasteiger partial charge in [0.15, 0.2) is 0 Å². The van der Waals surface area contributed by atoms with Gasteiger partial charge in [0.2, 0.25) is 0 Å². The molecule has 1 aliphatic rings. The molecule has 0 bridgehead atoms. The van der Waals surface area contributed by atoms with Crippen molar-refractivity contribution in [1.29, 1.82) is 0 Å². The van der Waals surface area contributed by atoms with E-state index in [1.807, 2.05) is 13.1 Å². The molecule has 16 heavy (non-hydrogen) atoms. The van der Waals surface area contributed by atoms with Gasteiger partial charge in [0.25, 0.3) is 0 Å². The van der Waals surface area contributed by atoms with Crippen LogP contribution in [0, 0.1) is 12.8 Å². The SMILES string of the molecule is Cc1ncc(COC2CCC(CO)CC2)s1. The van der Waals surface area contributed by atoms with Crippen molar-refractivity contribution in [1.82, 2.24) is 4.98 Å². The molecular formula is C12H19NO2S. The molecule has 4 heteroatoms. The highest BCUT2D eigenvalue weighted by Gasteiger charge is 2.21. The van der Waals surface area contributed by atoms with Crippen molar-refractivity contribution in [3.8, 4) is 0 Å². The Hall–Kier alpha value is -0.450. The zero-order valence-electron chi connectivity index (χ0n) is 9.69. The normalized spacial score (nSPS) is 25.9. The summed E-state index contributed by atoms with van der Waals surface area (Å²) in [5, 5.41) is 10.1. The highest BCUT2D eigenvalue weighted by molar-refractivity contribution is 7.11. The molecule has 1 heterocycles. The molecule has 0 amide bonds. The fraction of sp³-hybridized carbons (Fsp3) is 0.750. The van der Waals surface area contributed by atoms with E-state index in [0.717, 1.165) is 30.7 Å². The van der Waals surface area contributed by atoms with Crippen LogP contribution in [-0.2, 0) is 11.3 Å². The number of hydrogen-bond donors (Lipinski definition) is 1. The van der Waals surface area contributed by atoms with Crippen molar-refractivity contribution < 1.29 is 9.84 Å². The Bertz CT molecular complexity index is 319. The molecule has 0 aliphatic heterocycles. The average molecular weight is 241 g/mol. The third-order valence-corrected chi connectivity index (χ3v) is 4.07. The molecule has 0 atom stereocenters. The van der Waals surface area contributed by atoms with E-state index in [4.69, 9.17) is 9.84 Å². The smallest absolute Gasteiger partial charge is 0.0897 e. The van der Waals surface area contributed by atoms with Gasteiger partial charge >= 0.3 is 0 Å². The molecule has 0 spiro atoms. The maximum atomic E-state index is 9.04. The Morgan fingerprint density at radius 2 is 2.19 bits per heavy atom. The van der Waals surface area contributed by atoms with Crippen LogP contribution in [0.1, 0.15) is 35.6 Å². The van der Waals surface area contributed by atoms with E-state index in [1.165, 1.54) is 4.88 Å². The summed E-state index contributed by atoms with van der Waals surface area (Å²) < 4.78 is 5.86. The first-order valence-corrected chi connectivity index (χ1v) is 6.73. The molecule has 90 valence electrons. The molecule has 1 aromatic rings. The summed E-state index contributed by atoms with van der Waals surface area (Å²) in [5.41, 5.74) is 0. The van der Waals surface area contributed by atoms with Gasteiger partial charge in [0.05, 0.1) is 22.6 Å². The fourth-order valence-corrected chi connectivity index (χ4v) is 2.87. The summed E-state index contributed by atoms with van der Waals surface area (Å²) in [5.74, 6) is 0.505. The minimum Gasteiger partial charge on any atom is -0.396 e. The van der Waals surface area contributed by atoms with Crippen LogP contribution in [0.15, 0.2) is 6.20 Å². The van der Waals surface area contributed by atoms with Crippen molar-refractivity contribution >= 4 is 11.3 Å². The van der Waals surface area contributed by atoms with E-state index in [-0.39, 0.29) is 0 Å². The minimum atomic E-state index is 0.334. The van der Waals surface area contributed by atoms with Gasteiger partial charge < -0.3 is 9.84 Å². The van der Waals surface area contributed by atoms with Gasteiger partial charge in [-0.25, -0.2) is 4.98 Å². The topological polar surface area (TPSA) is 42.4 Å². The van der Waals surface area contributed by atoms with Crippen LogP contribution in [0.2, 0.25) is 0 Å². The Labute approximate surface area is 100 Å². The number of rotatable bonds is 4. The largest absolute Gasteiger partial charge is 0.396 e. The molecule has 0 radical (unpaired) electrons. The summed E-state index contributed by atoms with van der Waals surface area (Å²) in [4.78, 5) is 5.42.